The van der Waals surface area contributed by atoms with Crippen LogP contribution in [0.15, 0.2) is 255 Å². The molecule has 0 atom stereocenters. The van der Waals surface area contributed by atoms with Crippen molar-refractivity contribution < 1.29 is 0 Å². The number of aromatic nitrogens is 1. The lowest BCUT2D eigenvalue weighted by Gasteiger charge is -2.28. The maximum atomic E-state index is 2.47. The van der Waals surface area contributed by atoms with Gasteiger partial charge in [-0.25, -0.2) is 0 Å². The molecule has 2 nitrogen and oxygen atoms in total. The average molecular weight is 791 g/mol. The van der Waals surface area contributed by atoms with Crippen molar-refractivity contribution in [3.05, 3.63) is 255 Å². The normalized spacial score (nSPS) is 11.2. The van der Waals surface area contributed by atoms with Gasteiger partial charge in [0.1, 0.15) is 0 Å². The minimum Gasteiger partial charge on any atom is -0.310 e. The Kier molecular flexibility index (Phi) is 9.57. The fourth-order valence-electron chi connectivity index (χ4n) is 9.02. The van der Waals surface area contributed by atoms with Gasteiger partial charge in [-0.15, -0.1) is 0 Å². The Morgan fingerprint density at radius 3 is 1.44 bits per heavy atom. The summed E-state index contributed by atoms with van der Waals surface area (Å²) < 4.78 is 2.47. The van der Waals surface area contributed by atoms with Crippen molar-refractivity contribution in [2.24, 2.45) is 0 Å². The van der Waals surface area contributed by atoms with E-state index in [4.69, 9.17) is 0 Å². The molecule has 0 N–H and O–H groups in total. The Hall–Kier alpha value is -8.20. The third kappa shape index (κ3) is 6.84. The summed E-state index contributed by atoms with van der Waals surface area (Å²) in [6.07, 6.45) is 0. The molecule has 0 aliphatic heterocycles. The van der Waals surface area contributed by atoms with Gasteiger partial charge in [-0.3, -0.25) is 0 Å². The second kappa shape index (κ2) is 16.1. The third-order valence-electron chi connectivity index (χ3n) is 12.0. The lowest BCUT2D eigenvalue weighted by Crippen LogP contribution is -2.11. The molecule has 11 aromatic rings. The van der Waals surface area contributed by atoms with E-state index < -0.39 is 0 Å². The highest BCUT2D eigenvalue weighted by Gasteiger charge is 2.22. The van der Waals surface area contributed by atoms with E-state index in [-0.39, 0.29) is 0 Å². The van der Waals surface area contributed by atoms with Gasteiger partial charge in [-0.2, -0.15) is 0 Å². The molecule has 2 heteroatoms. The molecule has 292 valence electrons. The van der Waals surface area contributed by atoms with E-state index in [1.54, 1.807) is 0 Å². The molecule has 11 rings (SSSR count). The van der Waals surface area contributed by atoms with Crippen LogP contribution < -0.4 is 4.90 Å². The number of rotatable bonds is 9. The molecule has 0 bridgehead atoms. The van der Waals surface area contributed by atoms with E-state index in [9.17, 15) is 0 Å². The zero-order chi connectivity index (χ0) is 41.2. The number of nitrogens with zero attached hydrogens (tertiary/aromatic N) is 2. The SMILES string of the molecule is c1ccc(-c2ccc(N(c3ccc4c5ccccc5n(-c5ccc(-c6ccccc6)cc5-c5ccccc5)c4c3)c3ccccc3-c3cccc(-c4ccccc4)c3)cc2)cc1. The molecule has 1 heterocycles. The molecule has 0 radical (unpaired) electrons. The van der Waals surface area contributed by atoms with Crippen molar-refractivity contribution in [3.63, 3.8) is 0 Å². The largest absolute Gasteiger partial charge is 0.310 e. The van der Waals surface area contributed by atoms with Crippen LogP contribution in [0.5, 0.6) is 0 Å². The summed E-state index contributed by atoms with van der Waals surface area (Å²) in [6, 6.07) is 92.2. The first kappa shape index (κ1) is 36.8. The van der Waals surface area contributed by atoms with Gasteiger partial charge in [0.05, 0.1) is 22.4 Å². The topological polar surface area (TPSA) is 8.17 Å². The molecule has 0 saturated carbocycles. The minimum absolute atomic E-state index is 1.07. The summed E-state index contributed by atoms with van der Waals surface area (Å²) in [7, 11) is 0. The van der Waals surface area contributed by atoms with Gasteiger partial charge >= 0.3 is 0 Å². The van der Waals surface area contributed by atoms with Crippen molar-refractivity contribution >= 4 is 38.9 Å². The molecule has 0 unspecified atom stereocenters. The van der Waals surface area contributed by atoms with Crippen molar-refractivity contribution in [3.8, 4) is 61.3 Å². The summed E-state index contributed by atoms with van der Waals surface area (Å²) in [5.74, 6) is 0. The number of fused-ring (bicyclic) bond motifs is 3. The monoisotopic (exact) mass is 790 g/mol. The fourth-order valence-corrected chi connectivity index (χ4v) is 9.02. The summed E-state index contributed by atoms with van der Waals surface area (Å²) in [5.41, 5.74) is 18.5. The first-order valence-electron chi connectivity index (χ1n) is 21.3. The van der Waals surface area contributed by atoms with Crippen LogP contribution in [0.1, 0.15) is 0 Å². The lowest BCUT2D eigenvalue weighted by molar-refractivity contribution is 1.18. The molecule has 0 saturated heterocycles. The molecule has 0 spiro atoms. The number of anilines is 3. The number of para-hydroxylation sites is 2. The van der Waals surface area contributed by atoms with Crippen LogP contribution in [0.2, 0.25) is 0 Å². The van der Waals surface area contributed by atoms with Gasteiger partial charge in [-0.1, -0.05) is 200 Å². The predicted molar refractivity (Wildman–Crippen MR) is 263 cm³/mol. The van der Waals surface area contributed by atoms with E-state index >= 15 is 0 Å². The second-order valence-electron chi connectivity index (χ2n) is 15.7. The Morgan fingerprint density at radius 1 is 0.258 bits per heavy atom. The molecular weight excluding hydrogens is 749 g/mol. The van der Waals surface area contributed by atoms with Crippen LogP contribution in [-0.4, -0.2) is 4.57 Å². The first-order valence-corrected chi connectivity index (χ1v) is 21.3. The Balaban J connectivity index is 1.14. The lowest BCUT2D eigenvalue weighted by atomic mass is 9.97. The van der Waals surface area contributed by atoms with E-state index in [2.05, 4.69) is 264 Å². The Morgan fingerprint density at radius 2 is 0.742 bits per heavy atom. The highest BCUT2D eigenvalue weighted by atomic mass is 15.1. The van der Waals surface area contributed by atoms with Crippen molar-refractivity contribution in [2.45, 2.75) is 0 Å². The highest BCUT2D eigenvalue weighted by molar-refractivity contribution is 6.11. The predicted octanol–water partition coefficient (Wildman–Crippen LogP) is 16.6. The molecule has 1 aromatic heterocycles. The van der Waals surface area contributed by atoms with Crippen LogP contribution in [0, 0.1) is 0 Å². The minimum atomic E-state index is 1.07. The van der Waals surface area contributed by atoms with Gasteiger partial charge in [0.2, 0.25) is 0 Å². The van der Waals surface area contributed by atoms with Gasteiger partial charge in [0.15, 0.2) is 0 Å². The fraction of sp³-hybridized carbons (Fsp3) is 0. The quantitative estimate of drug-likeness (QED) is 0.141. The standard InChI is InChI=1S/C60H42N2/c1-5-18-43(19-6-1)46-32-35-51(36-33-46)61(57-30-15-13-28-53(57)50-27-17-26-48(40-50)44-20-7-2-8-21-44)52-37-38-55-54-29-14-16-31-58(54)62(60(55)42-52)59-39-34-49(45-22-9-3-10-23-45)41-56(59)47-24-11-4-12-25-47/h1-42H. The Labute approximate surface area is 362 Å². The van der Waals surface area contributed by atoms with E-state index in [0.717, 1.165) is 39.4 Å². The van der Waals surface area contributed by atoms with Gasteiger partial charge < -0.3 is 9.47 Å². The maximum absolute atomic E-state index is 2.47. The number of hydrogen-bond acceptors (Lipinski definition) is 1. The zero-order valence-electron chi connectivity index (χ0n) is 34.1. The molecule has 62 heavy (non-hydrogen) atoms. The smallest absolute Gasteiger partial charge is 0.0562 e. The first-order chi connectivity index (χ1) is 30.8. The van der Waals surface area contributed by atoms with Crippen LogP contribution in [0.25, 0.3) is 83.1 Å². The molecular formula is C60H42N2. The molecule has 0 amide bonds. The van der Waals surface area contributed by atoms with Crippen molar-refractivity contribution in [2.75, 3.05) is 4.90 Å². The Bertz CT molecular complexity index is 3310. The molecule has 10 aromatic carbocycles. The summed E-state index contributed by atoms with van der Waals surface area (Å²) >= 11 is 0. The van der Waals surface area contributed by atoms with Crippen molar-refractivity contribution in [1.82, 2.24) is 4.57 Å². The van der Waals surface area contributed by atoms with Crippen LogP contribution in [-0.2, 0) is 0 Å². The van der Waals surface area contributed by atoms with E-state index in [1.165, 1.54) is 60.8 Å². The molecule has 0 fully saturated rings. The van der Waals surface area contributed by atoms with Gasteiger partial charge in [0.25, 0.3) is 0 Å². The third-order valence-corrected chi connectivity index (χ3v) is 12.0. The average Bonchev–Trinajstić information content (AvgIpc) is 3.69. The summed E-state index contributed by atoms with van der Waals surface area (Å²) in [6.45, 7) is 0. The van der Waals surface area contributed by atoms with Crippen LogP contribution in [0.4, 0.5) is 17.1 Å². The summed E-state index contributed by atoms with van der Waals surface area (Å²) in [5, 5.41) is 2.43. The van der Waals surface area contributed by atoms with E-state index in [0.29, 0.717) is 0 Å². The molecule has 0 aliphatic rings. The number of hydrogen-bond donors (Lipinski definition) is 0. The highest BCUT2D eigenvalue weighted by Crippen LogP contribution is 2.45. The van der Waals surface area contributed by atoms with Gasteiger partial charge in [-0.05, 0) is 99.1 Å². The molecule has 0 aliphatic carbocycles. The summed E-state index contributed by atoms with van der Waals surface area (Å²) in [4.78, 5) is 2.43. The zero-order valence-corrected chi connectivity index (χ0v) is 34.1. The number of benzene rings is 10. The van der Waals surface area contributed by atoms with Gasteiger partial charge in [0, 0.05) is 33.3 Å². The van der Waals surface area contributed by atoms with Crippen molar-refractivity contribution in [1.29, 1.82) is 0 Å². The van der Waals surface area contributed by atoms with Crippen LogP contribution >= 0.6 is 0 Å². The second-order valence-corrected chi connectivity index (χ2v) is 15.7. The van der Waals surface area contributed by atoms with E-state index in [1.807, 2.05) is 0 Å². The van der Waals surface area contributed by atoms with Crippen LogP contribution in [0.3, 0.4) is 0 Å². The maximum Gasteiger partial charge on any atom is 0.0562 e.